The molecule has 0 saturated carbocycles. The van der Waals surface area contributed by atoms with E-state index >= 15 is 0 Å². The third kappa shape index (κ3) is 11.0. The fourth-order valence-electron chi connectivity index (χ4n) is 4.71. The third-order valence-electron chi connectivity index (χ3n) is 6.87. The van der Waals surface area contributed by atoms with Gasteiger partial charge in [0.25, 0.3) is 0 Å². The number of ether oxygens (including phenoxy) is 6. The van der Waals surface area contributed by atoms with E-state index in [1.165, 1.54) is 14.2 Å². The molecule has 0 fully saturated rings. The lowest BCUT2D eigenvalue weighted by molar-refractivity contribution is -0.154. The summed E-state index contributed by atoms with van der Waals surface area (Å²) in [5.41, 5.74) is 2.53. The van der Waals surface area contributed by atoms with Crippen molar-refractivity contribution in [3.63, 3.8) is 0 Å². The number of hydrogen-bond acceptors (Lipinski definition) is 12. The summed E-state index contributed by atoms with van der Waals surface area (Å²) >= 11 is 0. The lowest BCUT2D eigenvalue weighted by Gasteiger charge is -2.27. The molecule has 0 atom stereocenters. The molecule has 0 radical (unpaired) electrons. The van der Waals surface area contributed by atoms with Gasteiger partial charge in [0.15, 0.2) is 0 Å². The van der Waals surface area contributed by atoms with Crippen molar-refractivity contribution in [3.05, 3.63) is 47.0 Å². The second kappa shape index (κ2) is 16.7. The number of anilines is 2. The van der Waals surface area contributed by atoms with Crippen LogP contribution in [0.5, 0.6) is 11.5 Å². The molecule has 1 aliphatic rings. The standard InChI is InChI=1S/C33H44N2O10/c1-23-7-9-26-28(17-23)43-15-16-44-29-19-25(22-36)24(8-10-30(37)45-33(2,3)4)18-27(29)35(21-32(39)41-6)12-14-42-13-11-34(26)20-31(38)40-5/h7,9,17-19,22H,8,10-16,20-21H2,1-6H3. The zero-order valence-corrected chi connectivity index (χ0v) is 27.0. The lowest BCUT2D eigenvalue weighted by atomic mass is 10.0. The first kappa shape index (κ1) is 35.2. The topological polar surface area (TPSA) is 130 Å². The van der Waals surface area contributed by atoms with Crippen molar-refractivity contribution in [1.29, 1.82) is 0 Å². The van der Waals surface area contributed by atoms with Gasteiger partial charge in [-0.15, -0.1) is 0 Å². The minimum atomic E-state index is -0.635. The Labute approximate surface area is 264 Å². The van der Waals surface area contributed by atoms with Gasteiger partial charge in [0.2, 0.25) is 0 Å². The smallest absolute Gasteiger partial charge is 0.325 e. The molecule has 0 bridgehead atoms. The predicted octanol–water partition coefficient (Wildman–Crippen LogP) is 3.53. The van der Waals surface area contributed by atoms with Gasteiger partial charge in [0, 0.05) is 25.1 Å². The Morgan fingerprint density at radius 3 is 1.96 bits per heavy atom. The number of carbonyl (C=O) groups excluding carboxylic acids is 4. The molecule has 0 amide bonds. The summed E-state index contributed by atoms with van der Waals surface area (Å²) < 4.78 is 33.6. The zero-order valence-electron chi connectivity index (χ0n) is 27.0. The Morgan fingerprint density at radius 2 is 1.40 bits per heavy atom. The largest absolute Gasteiger partial charge is 0.488 e. The molecule has 12 nitrogen and oxygen atoms in total. The SMILES string of the molecule is COC(=O)CN1CCOCCN(CC(=O)OC)c2cc(CCC(=O)OC(C)(C)C)c(C=O)cc2OCCOc2cc(C)ccc21. The quantitative estimate of drug-likeness (QED) is 0.241. The third-order valence-corrected chi connectivity index (χ3v) is 6.87. The number of fused-ring (bicyclic) bond motifs is 2. The summed E-state index contributed by atoms with van der Waals surface area (Å²) in [5.74, 6) is -0.350. The zero-order chi connectivity index (χ0) is 33.0. The average Bonchev–Trinajstić information content (AvgIpc) is 2.99. The summed E-state index contributed by atoms with van der Waals surface area (Å²) in [6, 6.07) is 9.05. The van der Waals surface area contributed by atoms with Gasteiger partial charge in [-0.3, -0.25) is 19.2 Å². The van der Waals surface area contributed by atoms with E-state index in [1.807, 2.05) is 30.0 Å². The van der Waals surface area contributed by atoms with Crippen LogP contribution in [0.2, 0.25) is 0 Å². The van der Waals surface area contributed by atoms with Gasteiger partial charge in [0.05, 0.1) is 38.8 Å². The van der Waals surface area contributed by atoms with Crippen molar-refractivity contribution in [1.82, 2.24) is 0 Å². The van der Waals surface area contributed by atoms with Crippen LogP contribution in [0.3, 0.4) is 0 Å². The Kier molecular flexibility index (Phi) is 13.0. The van der Waals surface area contributed by atoms with Gasteiger partial charge < -0.3 is 38.2 Å². The summed E-state index contributed by atoms with van der Waals surface area (Å²) in [7, 11) is 2.64. The molecule has 2 aromatic rings. The lowest BCUT2D eigenvalue weighted by Crippen LogP contribution is -2.36. The molecule has 45 heavy (non-hydrogen) atoms. The van der Waals surface area contributed by atoms with E-state index < -0.39 is 17.5 Å². The molecule has 1 aliphatic heterocycles. The molecule has 1 heterocycles. The van der Waals surface area contributed by atoms with E-state index in [0.29, 0.717) is 46.8 Å². The van der Waals surface area contributed by atoms with Crippen LogP contribution in [-0.4, -0.2) is 96.6 Å². The maximum atomic E-state index is 12.5. The van der Waals surface area contributed by atoms with Crippen LogP contribution in [0.15, 0.2) is 30.3 Å². The second-order valence-electron chi connectivity index (χ2n) is 11.5. The molecule has 2 aromatic carbocycles. The summed E-state index contributed by atoms with van der Waals surface area (Å²) in [4.78, 5) is 52.9. The molecule has 3 rings (SSSR count). The number of esters is 3. The Balaban J connectivity index is 1.96. The van der Waals surface area contributed by atoms with Crippen molar-refractivity contribution < 1.29 is 47.6 Å². The van der Waals surface area contributed by atoms with Gasteiger partial charge >= 0.3 is 17.9 Å². The first-order valence-electron chi connectivity index (χ1n) is 14.9. The number of carbonyl (C=O) groups is 4. The molecule has 12 heteroatoms. The fraction of sp³-hybridized carbons (Fsp3) is 0.515. The highest BCUT2D eigenvalue weighted by atomic mass is 16.6. The monoisotopic (exact) mass is 628 g/mol. The molecule has 0 aliphatic carbocycles. The molecule has 0 unspecified atom stereocenters. The number of hydrogen-bond donors (Lipinski definition) is 0. The minimum absolute atomic E-state index is 0.00374. The molecule has 0 saturated heterocycles. The van der Waals surface area contributed by atoms with Crippen molar-refractivity contribution >= 4 is 35.6 Å². The van der Waals surface area contributed by atoms with E-state index in [-0.39, 0.29) is 64.9 Å². The predicted molar refractivity (Wildman–Crippen MR) is 167 cm³/mol. The maximum Gasteiger partial charge on any atom is 0.325 e. The molecule has 246 valence electrons. The normalized spacial score (nSPS) is 14.4. The summed E-state index contributed by atoms with van der Waals surface area (Å²) in [6.45, 7) is 8.59. The molecular formula is C33H44N2O10. The van der Waals surface area contributed by atoms with E-state index in [4.69, 9.17) is 28.4 Å². The average molecular weight is 629 g/mol. The van der Waals surface area contributed by atoms with Crippen molar-refractivity contribution in [2.75, 3.05) is 76.6 Å². The van der Waals surface area contributed by atoms with Gasteiger partial charge in [-0.1, -0.05) is 6.07 Å². The molecular weight excluding hydrogens is 584 g/mol. The van der Waals surface area contributed by atoms with E-state index in [1.54, 1.807) is 37.8 Å². The number of aryl methyl sites for hydroxylation is 2. The van der Waals surface area contributed by atoms with E-state index in [0.717, 1.165) is 5.56 Å². The van der Waals surface area contributed by atoms with Gasteiger partial charge in [-0.2, -0.15) is 0 Å². The highest BCUT2D eigenvalue weighted by Gasteiger charge is 2.23. The number of benzene rings is 2. The maximum absolute atomic E-state index is 12.5. The van der Waals surface area contributed by atoms with Crippen LogP contribution in [0.1, 0.15) is 48.7 Å². The van der Waals surface area contributed by atoms with Crippen molar-refractivity contribution in [2.24, 2.45) is 0 Å². The number of nitrogens with zero attached hydrogens (tertiary/aromatic N) is 2. The van der Waals surface area contributed by atoms with Crippen LogP contribution in [0.25, 0.3) is 0 Å². The van der Waals surface area contributed by atoms with Gasteiger partial charge in [0.1, 0.15) is 49.7 Å². The van der Waals surface area contributed by atoms with Crippen LogP contribution < -0.4 is 19.3 Å². The van der Waals surface area contributed by atoms with Crippen LogP contribution in [0.4, 0.5) is 11.4 Å². The van der Waals surface area contributed by atoms with E-state index in [9.17, 15) is 19.2 Å². The number of rotatable bonds is 8. The van der Waals surface area contributed by atoms with Crippen LogP contribution in [0, 0.1) is 6.92 Å². The number of aldehydes is 1. The number of methoxy groups -OCH3 is 2. The van der Waals surface area contributed by atoms with Crippen molar-refractivity contribution in [2.45, 2.75) is 46.1 Å². The minimum Gasteiger partial charge on any atom is -0.488 e. The molecule has 0 N–H and O–H groups in total. The Hall–Kier alpha value is -4.32. The highest BCUT2D eigenvalue weighted by Crippen LogP contribution is 2.34. The summed E-state index contributed by atoms with van der Waals surface area (Å²) in [5, 5.41) is 0. The summed E-state index contributed by atoms with van der Waals surface area (Å²) in [6.07, 6.45) is 1.02. The molecule has 0 aromatic heterocycles. The first-order chi connectivity index (χ1) is 21.4. The fourth-order valence-corrected chi connectivity index (χ4v) is 4.71. The van der Waals surface area contributed by atoms with Crippen molar-refractivity contribution in [3.8, 4) is 11.5 Å². The molecule has 0 spiro atoms. The Morgan fingerprint density at radius 1 is 0.822 bits per heavy atom. The van der Waals surface area contributed by atoms with E-state index in [2.05, 4.69) is 0 Å². The van der Waals surface area contributed by atoms with Crippen LogP contribution >= 0.6 is 0 Å². The first-order valence-corrected chi connectivity index (χ1v) is 14.9. The second-order valence-corrected chi connectivity index (χ2v) is 11.5. The van der Waals surface area contributed by atoms with Gasteiger partial charge in [-0.05, 0) is 69.5 Å². The highest BCUT2D eigenvalue weighted by molar-refractivity contribution is 5.83. The van der Waals surface area contributed by atoms with Crippen LogP contribution in [-0.2, 0) is 39.8 Å². The Bertz CT molecular complexity index is 1340. The van der Waals surface area contributed by atoms with Gasteiger partial charge in [-0.25, -0.2) is 0 Å².